The van der Waals surface area contributed by atoms with E-state index in [1.54, 1.807) is 24.3 Å². The molecule has 0 aliphatic carbocycles. The van der Waals surface area contributed by atoms with Gasteiger partial charge >= 0.3 is 0 Å². The molecule has 0 heterocycles. The van der Waals surface area contributed by atoms with Gasteiger partial charge in [0.15, 0.2) is 0 Å². The van der Waals surface area contributed by atoms with Gasteiger partial charge in [-0.05, 0) is 12.1 Å². The average Bonchev–Trinajstić information content (AvgIpc) is 2.14. The van der Waals surface area contributed by atoms with E-state index in [4.69, 9.17) is 0 Å². The molecule has 0 aliphatic heterocycles. The molecular formula is C9H12NO4S-. The van der Waals surface area contributed by atoms with Gasteiger partial charge in [0.1, 0.15) is 0 Å². The van der Waals surface area contributed by atoms with Crippen molar-refractivity contribution >= 4 is 15.8 Å². The Hall–Kier alpha value is -1.11. The fraction of sp³-hybridized carbons (Fsp3) is 0.333. The third-order valence-corrected chi connectivity index (χ3v) is 2.51. The zero-order valence-electron chi connectivity index (χ0n) is 7.96. The van der Waals surface area contributed by atoms with Crippen molar-refractivity contribution in [2.45, 2.75) is 6.10 Å². The van der Waals surface area contributed by atoms with Gasteiger partial charge in [-0.2, -0.15) is 0 Å². The van der Waals surface area contributed by atoms with Crippen molar-refractivity contribution in [3.63, 3.8) is 0 Å². The molecule has 2 N–H and O–H groups in total. The normalized spacial score (nSPS) is 13.5. The van der Waals surface area contributed by atoms with Gasteiger partial charge < -0.3 is 15.0 Å². The molecule has 0 saturated carbocycles. The summed E-state index contributed by atoms with van der Waals surface area (Å²) in [5.41, 5.74) is 0.764. The molecule has 0 radical (unpaired) electrons. The first-order valence-corrected chi connectivity index (χ1v) is 5.95. The minimum atomic E-state index is -4.37. The van der Waals surface area contributed by atoms with Gasteiger partial charge in [0.25, 0.3) is 0 Å². The summed E-state index contributed by atoms with van der Waals surface area (Å²) < 4.78 is 30.9. The van der Waals surface area contributed by atoms with Gasteiger partial charge in [0, 0.05) is 12.2 Å². The zero-order valence-corrected chi connectivity index (χ0v) is 8.78. The van der Waals surface area contributed by atoms with E-state index < -0.39 is 22.0 Å². The Morgan fingerprint density at radius 1 is 1.33 bits per heavy atom. The van der Waals surface area contributed by atoms with E-state index in [0.717, 1.165) is 5.69 Å². The second kappa shape index (κ2) is 5.11. The topological polar surface area (TPSA) is 89.5 Å². The van der Waals surface area contributed by atoms with Crippen LogP contribution in [0.1, 0.15) is 0 Å². The van der Waals surface area contributed by atoms with Gasteiger partial charge in [-0.25, -0.2) is 8.42 Å². The lowest BCUT2D eigenvalue weighted by Gasteiger charge is -2.14. The van der Waals surface area contributed by atoms with Crippen LogP contribution < -0.4 is 5.32 Å². The molecule has 1 aromatic rings. The molecule has 1 atom stereocenters. The molecule has 84 valence electrons. The number of rotatable bonds is 5. The first kappa shape index (κ1) is 12.0. The highest BCUT2D eigenvalue weighted by molar-refractivity contribution is 7.85. The zero-order chi connectivity index (χ0) is 11.3. The Morgan fingerprint density at radius 3 is 2.47 bits per heavy atom. The number of anilines is 1. The quantitative estimate of drug-likeness (QED) is 0.695. The lowest BCUT2D eigenvalue weighted by molar-refractivity contribution is 0.207. The first-order valence-electron chi connectivity index (χ1n) is 4.38. The fourth-order valence-electron chi connectivity index (χ4n) is 1.09. The van der Waals surface area contributed by atoms with E-state index >= 15 is 0 Å². The lowest BCUT2D eigenvalue weighted by Crippen LogP contribution is -2.27. The fourth-order valence-corrected chi connectivity index (χ4v) is 1.68. The molecule has 6 heteroatoms. The third kappa shape index (κ3) is 5.36. The molecule has 0 bridgehead atoms. The largest absolute Gasteiger partial charge is 0.748 e. The Kier molecular flexibility index (Phi) is 4.07. The van der Waals surface area contributed by atoms with E-state index in [1.807, 2.05) is 6.07 Å². The summed E-state index contributed by atoms with van der Waals surface area (Å²) in [4.78, 5) is 0. The maximum Gasteiger partial charge on any atom is 0.0972 e. The standard InChI is InChI=1S/C9H13NO4S/c11-9(7-15(12,13)14)6-10-8-4-2-1-3-5-8/h1-5,9-11H,6-7H2,(H,12,13,14)/p-1/t9-/m1/s1. The minimum absolute atomic E-state index is 0.0332. The summed E-state index contributed by atoms with van der Waals surface area (Å²) in [6.07, 6.45) is -1.19. The van der Waals surface area contributed by atoms with Crippen LogP contribution in [0, 0.1) is 0 Å². The molecule has 0 aliphatic rings. The molecule has 0 aromatic heterocycles. The van der Waals surface area contributed by atoms with Crippen LogP contribution >= 0.6 is 0 Å². The predicted molar refractivity (Wildman–Crippen MR) is 55.5 cm³/mol. The first-order chi connectivity index (χ1) is 6.97. The molecule has 1 aromatic carbocycles. The van der Waals surface area contributed by atoms with Gasteiger partial charge in [0.05, 0.1) is 22.0 Å². The van der Waals surface area contributed by atoms with Crippen LogP contribution in [-0.4, -0.2) is 36.5 Å². The molecule has 0 unspecified atom stereocenters. The van der Waals surface area contributed by atoms with Crippen molar-refractivity contribution in [3.8, 4) is 0 Å². The number of hydrogen-bond donors (Lipinski definition) is 2. The summed E-state index contributed by atoms with van der Waals surface area (Å²) >= 11 is 0. The summed E-state index contributed by atoms with van der Waals surface area (Å²) in [5, 5.41) is 12.0. The van der Waals surface area contributed by atoms with Crippen molar-refractivity contribution < 1.29 is 18.1 Å². The van der Waals surface area contributed by atoms with Crippen molar-refractivity contribution in [2.24, 2.45) is 0 Å². The van der Waals surface area contributed by atoms with E-state index in [2.05, 4.69) is 5.32 Å². The van der Waals surface area contributed by atoms with Crippen molar-refractivity contribution in [1.29, 1.82) is 0 Å². The van der Waals surface area contributed by atoms with Crippen LogP contribution in [0.2, 0.25) is 0 Å². The maximum absolute atomic E-state index is 10.3. The number of hydrogen-bond acceptors (Lipinski definition) is 5. The van der Waals surface area contributed by atoms with Crippen LogP contribution in [0.4, 0.5) is 5.69 Å². The average molecular weight is 230 g/mol. The van der Waals surface area contributed by atoms with Crippen molar-refractivity contribution in [2.75, 3.05) is 17.6 Å². The summed E-state index contributed by atoms with van der Waals surface area (Å²) in [5.74, 6) is -0.771. The summed E-state index contributed by atoms with van der Waals surface area (Å²) in [6.45, 7) is 0.0332. The number of para-hydroxylation sites is 1. The molecular weight excluding hydrogens is 218 g/mol. The SMILES string of the molecule is O=S(=O)([O-])C[C@H](O)CNc1ccccc1. The molecule has 0 fully saturated rings. The van der Waals surface area contributed by atoms with E-state index in [9.17, 15) is 18.1 Å². The van der Waals surface area contributed by atoms with Crippen LogP contribution in [0.5, 0.6) is 0 Å². The molecule has 0 saturated heterocycles. The smallest absolute Gasteiger partial charge is 0.0972 e. The number of aliphatic hydroxyl groups excluding tert-OH is 1. The number of benzene rings is 1. The van der Waals surface area contributed by atoms with E-state index in [1.165, 1.54) is 0 Å². The van der Waals surface area contributed by atoms with Gasteiger partial charge in [0.2, 0.25) is 0 Å². The number of nitrogens with one attached hydrogen (secondary N) is 1. The van der Waals surface area contributed by atoms with Crippen molar-refractivity contribution in [1.82, 2.24) is 0 Å². The minimum Gasteiger partial charge on any atom is -0.748 e. The predicted octanol–water partition coefficient (Wildman–Crippen LogP) is 0.00460. The highest BCUT2D eigenvalue weighted by Gasteiger charge is 2.07. The van der Waals surface area contributed by atoms with Crippen LogP contribution in [-0.2, 0) is 10.1 Å². The molecule has 1 rings (SSSR count). The van der Waals surface area contributed by atoms with Gasteiger partial charge in [-0.3, -0.25) is 0 Å². The molecule has 0 amide bonds. The monoisotopic (exact) mass is 230 g/mol. The van der Waals surface area contributed by atoms with Crippen LogP contribution in [0.15, 0.2) is 30.3 Å². The van der Waals surface area contributed by atoms with Gasteiger partial charge in [-0.15, -0.1) is 0 Å². The van der Waals surface area contributed by atoms with E-state index in [0.29, 0.717) is 0 Å². The van der Waals surface area contributed by atoms with Crippen LogP contribution in [0.3, 0.4) is 0 Å². The Balaban J connectivity index is 2.38. The van der Waals surface area contributed by atoms with Crippen molar-refractivity contribution in [3.05, 3.63) is 30.3 Å². The van der Waals surface area contributed by atoms with Gasteiger partial charge in [-0.1, -0.05) is 18.2 Å². The Bertz CT molecular complexity index is 390. The Morgan fingerprint density at radius 2 is 1.93 bits per heavy atom. The molecule has 5 nitrogen and oxygen atoms in total. The summed E-state index contributed by atoms with van der Waals surface area (Å²) in [7, 11) is -4.37. The Labute approximate surface area is 88.5 Å². The number of aliphatic hydroxyl groups is 1. The maximum atomic E-state index is 10.3. The second-order valence-electron chi connectivity index (χ2n) is 3.13. The van der Waals surface area contributed by atoms with E-state index in [-0.39, 0.29) is 6.54 Å². The third-order valence-electron chi connectivity index (χ3n) is 1.71. The molecule has 15 heavy (non-hydrogen) atoms. The highest BCUT2D eigenvalue weighted by Crippen LogP contribution is 2.04. The second-order valence-corrected chi connectivity index (χ2v) is 4.57. The summed E-state index contributed by atoms with van der Waals surface area (Å²) in [6, 6.07) is 9.00. The molecule has 0 spiro atoms. The van der Waals surface area contributed by atoms with Crippen LogP contribution in [0.25, 0.3) is 0 Å². The highest BCUT2D eigenvalue weighted by atomic mass is 32.2. The lowest BCUT2D eigenvalue weighted by atomic mass is 10.3.